The Balaban J connectivity index is 1.71. The molecule has 2 aliphatic heterocycles. The second-order valence-corrected chi connectivity index (χ2v) is 7.67. The van der Waals surface area contributed by atoms with Crippen molar-refractivity contribution in [1.29, 1.82) is 0 Å². The molecule has 0 radical (unpaired) electrons. The number of fused-ring (bicyclic) bond motifs is 3. The molecule has 2 atom stereocenters. The maximum absolute atomic E-state index is 11.7. The van der Waals surface area contributed by atoms with Gasteiger partial charge in [0.1, 0.15) is 5.69 Å². The van der Waals surface area contributed by atoms with Crippen molar-refractivity contribution in [2.45, 2.75) is 18.8 Å². The molecule has 1 fully saturated rings. The third kappa shape index (κ3) is 2.15. The summed E-state index contributed by atoms with van der Waals surface area (Å²) < 4.78 is 32.6. The van der Waals surface area contributed by atoms with E-state index in [0.29, 0.717) is 19.7 Å². The summed E-state index contributed by atoms with van der Waals surface area (Å²) in [6, 6.07) is 9.71. The third-order valence-corrected chi connectivity index (χ3v) is 5.50. The van der Waals surface area contributed by atoms with Crippen LogP contribution in [0.5, 0.6) is 0 Å². The van der Waals surface area contributed by atoms with Gasteiger partial charge in [-0.15, -0.1) is 5.10 Å². The zero-order chi connectivity index (χ0) is 15.3. The monoisotopic (exact) mass is 320 g/mol. The summed E-state index contributed by atoms with van der Waals surface area (Å²) in [6.45, 7) is 1.16. The van der Waals surface area contributed by atoms with Gasteiger partial charge in [0, 0.05) is 18.7 Å². The van der Waals surface area contributed by atoms with Crippen LogP contribution >= 0.6 is 0 Å². The Labute approximate surface area is 128 Å². The van der Waals surface area contributed by atoms with Crippen molar-refractivity contribution in [2.24, 2.45) is 0 Å². The van der Waals surface area contributed by atoms with Crippen LogP contribution in [0, 0.1) is 0 Å². The lowest BCUT2D eigenvalue weighted by Gasteiger charge is -2.26. The number of hydrogen-bond acceptors (Lipinski definition) is 5. The third-order valence-electron chi connectivity index (χ3n) is 4.26. The van der Waals surface area contributed by atoms with E-state index in [1.807, 2.05) is 35.0 Å². The Bertz CT molecular complexity index is 803. The second kappa shape index (κ2) is 4.87. The van der Waals surface area contributed by atoms with Gasteiger partial charge in [-0.3, -0.25) is 0 Å². The summed E-state index contributed by atoms with van der Waals surface area (Å²) in [4.78, 5) is 0. The Morgan fingerprint density at radius 2 is 2.00 bits per heavy atom. The van der Waals surface area contributed by atoms with Crippen LogP contribution in [0.3, 0.4) is 0 Å². The minimum Gasteiger partial charge on any atom is -0.368 e. The van der Waals surface area contributed by atoms with Gasteiger partial charge in [-0.25, -0.2) is 13.1 Å². The number of ether oxygens (including phenoxy) is 1. The Morgan fingerprint density at radius 1 is 1.23 bits per heavy atom. The van der Waals surface area contributed by atoms with E-state index in [4.69, 9.17) is 4.74 Å². The highest BCUT2D eigenvalue weighted by atomic mass is 32.2. The number of sulfonamides is 1. The van der Waals surface area contributed by atoms with Crippen molar-refractivity contribution in [3.63, 3.8) is 0 Å². The van der Waals surface area contributed by atoms with Gasteiger partial charge < -0.3 is 4.74 Å². The van der Waals surface area contributed by atoms with Crippen LogP contribution in [-0.2, 0) is 21.4 Å². The molecular formula is C14H16N4O3S. The van der Waals surface area contributed by atoms with Gasteiger partial charge in [-0.05, 0) is 0 Å². The van der Waals surface area contributed by atoms with Crippen LogP contribution < -0.4 is 0 Å². The highest BCUT2D eigenvalue weighted by molar-refractivity contribution is 7.88. The molecule has 1 aromatic heterocycles. The van der Waals surface area contributed by atoms with Crippen LogP contribution in [0.15, 0.2) is 30.3 Å². The van der Waals surface area contributed by atoms with Crippen molar-refractivity contribution < 1.29 is 13.2 Å². The van der Waals surface area contributed by atoms with Crippen LogP contribution in [0.4, 0.5) is 0 Å². The molecule has 1 saturated heterocycles. The summed E-state index contributed by atoms with van der Waals surface area (Å²) in [5.74, 6) is 0. The summed E-state index contributed by atoms with van der Waals surface area (Å²) >= 11 is 0. The van der Waals surface area contributed by atoms with Crippen LogP contribution in [0.1, 0.15) is 11.7 Å². The predicted molar refractivity (Wildman–Crippen MR) is 79.5 cm³/mol. The highest BCUT2D eigenvalue weighted by Gasteiger charge is 2.43. The van der Waals surface area contributed by atoms with E-state index in [2.05, 4.69) is 10.3 Å². The van der Waals surface area contributed by atoms with Crippen molar-refractivity contribution in [3.05, 3.63) is 36.0 Å². The summed E-state index contributed by atoms with van der Waals surface area (Å²) in [7, 11) is -3.22. The summed E-state index contributed by atoms with van der Waals surface area (Å²) in [5, 5.41) is 8.54. The van der Waals surface area contributed by atoms with E-state index in [1.54, 1.807) is 0 Å². The molecule has 8 heteroatoms. The SMILES string of the molecule is CS(=O)(=O)N1CC2OCc3c(-c4ccccc4)nnn3[C@@H]2C1. The molecule has 0 saturated carbocycles. The van der Waals surface area contributed by atoms with Crippen LogP contribution in [-0.4, -0.2) is 53.2 Å². The fourth-order valence-electron chi connectivity index (χ4n) is 3.11. The molecule has 0 spiro atoms. The second-order valence-electron chi connectivity index (χ2n) is 5.69. The number of benzene rings is 1. The molecule has 7 nitrogen and oxygen atoms in total. The lowest BCUT2D eigenvalue weighted by atomic mass is 10.1. The van der Waals surface area contributed by atoms with Gasteiger partial charge >= 0.3 is 0 Å². The molecule has 0 N–H and O–H groups in total. The smallest absolute Gasteiger partial charge is 0.211 e. The lowest BCUT2D eigenvalue weighted by Crippen LogP contribution is -2.32. The molecule has 22 heavy (non-hydrogen) atoms. The summed E-state index contributed by atoms with van der Waals surface area (Å²) in [5.41, 5.74) is 2.70. The molecule has 116 valence electrons. The van der Waals surface area contributed by atoms with Gasteiger partial charge in [-0.1, -0.05) is 35.5 Å². The number of rotatable bonds is 2. The standard InChI is InChI=1S/C14H16N4O3S/c1-22(19,20)17-7-11-13(8-17)21-9-12-14(15-16-18(11)12)10-5-3-2-4-6-10/h2-6,11,13H,7-9H2,1H3/t11-,13?/m1/s1. The Kier molecular flexibility index (Phi) is 3.07. The lowest BCUT2D eigenvalue weighted by molar-refractivity contribution is -0.00361. The van der Waals surface area contributed by atoms with Crippen molar-refractivity contribution in [2.75, 3.05) is 19.3 Å². The van der Waals surface area contributed by atoms with Crippen molar-refractivity contribution in [1.82, 2.24) is 19.3 Å². The van der Waals surface area contributed by atoms with E-state index < -0.39 is 10.0 Å². The average Bonchev–Trinajstić information content (AvgIpc) is 3.11. The van der Waals surface area contributed by atoms with E-state index >= 15 is 0 Å². The fourth-order valence-corrected chi connectivity index (χ4v) is 3.95. The first kappa shape index (κ1) is 13.9. The zero-order valence-electron chi connectivity index (χ0n) is 12.1. The first-order chi connectivity index (χ1) is 10.5. The Hall–Kier alpha value is -1.77. The number of aromatic nitrogens is 3. The minimum atomic E-state index is -3.22. The molecule has 1 unspecified atom stereocenters. The van der Waals surface area contributed by atoms with E-state index in [1.165, 1.54) is 10.6 Å². The van der Waals surface area contributed by atoms with Crippen molar-refractivity contribution in [3.8, 4) is 11.3 Å². The first-order valence-electron chi connectivity index (χ1n) is 7.10. The fraction of sp³-hybridized carbons (Fsp3) is 0.429. The average molecular weight is 320 g/mol. The highest BCUT2D eigenvalue weighted by Crippen LogP contribution is 2.34. The predicted octanol–water partition coefficient (Wildman–Crippen LogP) is 0.660. The minimum absolute atomic E-state index is 0.108. The van der Waals surface area contributed by atoms with Gasteiger partial charge in [0.15, 0.2) is 0 Å². The van der Waals surface area contributed by atoms with Crippen LogP contribution in [0.2, 0.25) is 0 Å². The zero-order valence-corrected chi connectivity index (χ0v) is 12.9. The summed E-state index contributed by atoms with van der Waals surface area (Å²) in [6.07, 6.45) is 1.06. The maximum atomic E-state index is 11.7. The van der Waals surface area contributed by atoms with Gasteiger partial charge in [0.2, 0.25) is 10.0 Å². The molecule has 2 aliphatic rings. The van der Waals surface area contributed by atoms with Crippen LogP contribution in [0.25, 0.3) is 11.3 Å². The van der Waals surface area contributed by atoms with E-state index in [-0.39, 0.29) is 12.1 Å². The van der Waals surface area contributed by atoms with Gasteiger partial charge in [-0.2, -0.15) is 4.31 Å². The van der Waals surface area contributed by atoms with Crippen molar-refractivity contribution >= 4 is 10.0 Å². The van der Waals surface area contributed by atoms with Gasteiger partial charge in [0.25, 0.3) is 0 Å². The topological polar surface area (TPSA) is 77.3 Å². The molecule has 3 heterocycles. The van der Waals surface area contributed by atoms with E-state index in [9.17, 15) is 8.42 Å². The molecule has 0 amide bonds. The maximum Gasteiger partial charge on any atom is 0.211 e. The number of nitrogens with zero attached hydrogens (tertiary/aromatic N) is 4. The largest absolute Gasteiger partial charge is 0.368 e. The first-order valence-corrected chi connectivity index (χ1v) is 8.95. The molecule has 1 aromatic carbocycles. The van der Waals surface area contributed by atoms with E-state index in [0.717, 1.165) is 17.0 Å². The Morgan fingerprint density at radius 3 is 2.73 bits per heavy atom. The molecule has 0 aliphatic carbocycles. The molecule has 4 rings (SSSR count). The normalized spacial score (nSPS) is 25.0. The molecule has 0 bridgehead atoms. The quantitative estimate of drug-likeness (QED) is 0.812. The molecular weight excluding hydrogens is 304 g/mol. The molecule has 2 aromatic rings. The van der Waals surface area contributed by atoms with Gasteiger partial charge in [0.05, 0.1) is 30.7 Å². The number of hydrogen-bond donors (Lipinski definition) is 0.